The standard InChI is InChI=1S/C21H20O2/c1-15-8-7-11-17(14-15)20-19(22-2)13-12-18(21(20)23-3)16-9-5-4-6-10-16/h4-14H,1-3H3. The molecule has 0 aromatic heterocycles. The Morgan fingerprint density at radius 1 is 0.696 bits per heavy atom. The van der Waals surface area contributed by atoms with Crippen LogP contribution in [0.1, 0.15) is 5.56 Å². The summed E-state index contributed by atoms with van der Waals surface area (Å²) >= 11 is 0. The summed E-state index contributed by atoms with van der Waals surface area (Å²) in [5.41, 5.74) is 5.47. The Kier molecular flexibility index (Phi) is 4.33. The normalized spacial score (nSPS) is 10.4. The zero-order valence-electron chi connectivity index (χ0n) is 13.7. The van der Waals surface area contributed by atoms with Crippen molar-refractivity contribution in [1.29, 1.82) is 0 Å². The van der Waals surface area contributed by atoms with Crippen molar-refractivity contribution in [2.45, 2.75) is 6.92 Å². The average Bonchev–Trinajstić information content (AvgIpc) is 2.61. The third-order valence-electron chi connectivity index (χ3n) is 3.94. The highest BCUT2D eigenvalue weighted by molar-refractivity contribution is 5.86. The van der Waals surface area contributed by atoms with Gasteiger partial charge >= 0.3 is 0 Å². The van der Waals surface area contributed by atoms with E-state index in [-0.39, 0.29) is 0 Å². The fraction of sp³-hybridized carbons (Fsp3) is 0.143. The predicted octanol–water partition coefficient (Wildman–Crippen LogP) is 5.35. The van der Waals surface area contributed by atoms with Crippen LogP contribution in [0, 0.1) is 6.92 Å². The van der Waals surface area contributed by atoms with Crippen molar-refractivity contribution in [2.75, 3.05) is 14.2 Å². The molecule has 2 nitrogen and oxygen atoms in total. The lowest BCUT2D eigenvalue weighted by Crippen LogP contribution is -1.96. The SMILES string of the molecule is COc1ccc(-c2ccccc2)c(OC)c1-c1cccc(C)c1. The maximum absolute atomic E-state index is 5.79. The van der Waals surface area contributed by atoms with Crippen molar-refractivity contribution in [3.8, 4) is 33.8 Å². The molecule has 116 valence electrons. The first-order valence-corrected chi connectivity index (χ1v) is 7.62. The Balaban J connectivity index is 2.28. The molecule has 2 heteroatoms. The summed E-state index contributed by atoms with van der Waals surface area (Å²) in [6.07, 6.45) is 0. The van der Waals surface area contributed by atoms with Crippen molar-refractivity contribution in [3.63, 3.8) is 0 Å². The molecule has 0 unspecified atom stereocenters. The number of ether oxygens (including phenoxy) is 2. The summed E-state index contributed by atoms with van der Waals surface area (Å²) in [6.45, 7) is 2.09. The molecule has 3 aromatic carbocycles. The van der Waals surface area contributed by atoms with Crippen LogP contribution < -0.4 is 9.47 Å². The maximum atomic E-state index is 5.79. The molecule has 0 aliphatic rings. The lowest BCUT2D eigenvalue weighted by molar-refractivity contribution is 0.398. The predicted molar refractivity (Wildman–Crippen MR) is 95.2 cm³/mol. The van der Waals surface area contributed by atoms with Crippen molar-refractivity contribution >= 4 is 0 Å². The molecule has 0 heterocycles. The maximum Gasteiger partial charge on any atom is 0.138 e. The largest absolute Gasteiger partial charge is 0.496 e. The summed E-state index contributed by atoms with van der Waals surface area (Å²) in [7, 11) is 3.40. The molecule has 0 aliphatic carbocycles. The summed E-state index contributed by atoms with van der Waals surface area (Å²) in [5.74, 6) is 1.65. The van der Waals surface area contributed by atoms with Gasteiger partial charge in [0.05, 0.1) is 19.8 Å². The molecule has 0 fully saturated rings. The van der Waals surface area contributed by atoms with Gasteiger partial charge < -0.3 is 9.47 Å². The third kappa shape index (κ3) is 2.93. The average molecular weight is 304 g/mol. The Morgan fingerprint density at radius 3 is 2.09 bits per heavy atom. The fourth-order valence-electron chi connectivity index (χ4n) is 2.87. The summed E-state index contributed by atoms with van der Waals surface area (Å²) in [6, 6.07) is 22.7. The monoisotopic (exact) mass is 304 g/mol. The molecule has 3 rings (SSSR count). The van der Waals surface area contributed by atoms with E-state index in [0.29, 0.717) is 0 Å². The quantitative estimate of drug-likeness (QED) is 0.647. The molecular formula is C21H20O2. The molecule has 0 spiro atoms. The number of rotatable bonds is 4. The van der Waals surface area contributed by atoms with Gasteiger partial charge in [0.1, 0.15) is 11.5 Å². The highest BCUT2D eigenvalue weighted by Crippen LogP contribution is 2.44. The van der Waals surface area contributed by atoms with Crippen LogP contribution in [0.5, 0.6) is 11.5 Å². The Bertz CT molecular complexity index is 807. The van der Waals surface area contributed by atoms with Crippen LogP contribution in [0.15, 0.2) is 66.7 Å². The van der Waals surface area contributed by atoms with Crippen LogP contribution in [0.2, 0.25) is 0 Å². The second kappa shape index (κ2) is 6.57. The molecule has 0 N–H and O–H groups in total. The van der Waals surface area contributed by atoms with E-state index in [1.54, 1.807) is 14.2 Å². The molecule has 3 aromatic rings. The number of aryl methyl sites for hydroxylation is 1. The third-order valence-corrected chi connectivity index (χ3v) is 3.94. The zero-order valence-corrected chi connectivity index (χ0v) is 13.7. The Hall–Kier alpha value is -2.74. The minimum Gasteiger partial charge on any atom is -0.496 e. The van der Waals surface area contributed by atoms with Gasteiger partial charge in [-0.25, -0.2) is 0 Å². The van der Waals surface area contributed by atoms with Crippen molar-refractivity contribution < 1.29 is 9.47 Å². The van der Waals surface area contributed by atoms with Crippen molar-refractivity contribution in [1.82, 2.24) is 0 Å². The summed E-state index contributed by atoms with van der Waals surface area (Å²) < 4.78 is 11.4. The Labute approximate surface area is 137 Å². The number of methoxy groups -OCH3 is 2. The molecule has 0 saturated carbocycles. The van der Waals surface area contributed by atoms with E-state index in [9.17, 15) is 0 Å². The van der Waals surface area contributed by atoms with Crippen LogP contribution in [-0.4, -0.2) is 14.2 Å². The van der Waals surface area contributed by atoms with Gasteiger partial charge in [-0.15, -0.1) is 0 Å². The second-order valence-corrected chi connectivity index (χ2v) is 5.46. The first kappa shape index (κ1) is 15.2. The first-order chi connectivity index (χ1) is 11.2. The first-order valence-electron chi connectivity index (χ1n) is 7.62. The van der Waals surface area contributed by atoms with E-state index in [4.69, 9.17) is 9.47 Å². The van der Waals surface area contributed by atoms with Gasteiger partial charge in [-0.05, 0) is 30.2 Å². The number of hydrogen-bond donors (Lipinski definition) is 0. The van der Waals surface area contributed by atoms with E-state index in [2.05, 4.69) is 43.3 Å². The lowest BCUT2D eigenvalue weighted by Gasteiger charge is -2.18. The molecule has 0 saturated heterocycles. The van der Waals surface area contributed by atoms with E-state index in [1.807, 2.05) is 30.3 Å². The topological polar surface area (TPSA) is 18.5 Å². The van der Waals surface area contributed by atoms with Gasteiger partial charge in [-0.1, -0.05) is 60.2 Å². The minimum absolute atomic E-state index is 0.812. The van der Waals surface area contributed by atoms with Gasteiger partial charge in [0.2, 0.25) is 0 Å². The van der Waals surface area contributed by atoms with E-state index in [1.165, 1.54) is 5.56 Å². The molecule has 0 amide bonds. The molecule has 23 heavy (non-hydrogen) atoms. The molecular weight excluding hydrogens is 284 g/mol. The van der Waals surface area contributed by atoms with E-state index < -0.39 is 0 Å². The second-order valence-electron chi connectivity index (χ2n) is 5.46. The number of benzene rings is 3. The fourth-order valence-corrected chi connectivity index (χ4v) is 2.87. The smallest absolute Gasteiger partial charge is 0.138 e. The van der Waals surface area contributed by atoms with Gasteiger partial charge in [0.15, 0.2) is 0 Å². The lowest BCUT2D eigenvalue weighted by atomic mass is 9.95. The molecule has 0 aliphatic heterocycles. The zero-order chi connectivity index (χ0) is 16.2. The molecule has 0 radical (unpaired) electrons. The van der Waals surface area contributed by atoms with Crippen LogP contribution in [-0.2, 0) is 0 Å². The van der Waals surface area contributed by atoms with E-state index in [0.717, 1.165) is 33.8 Å². The van der Waals surface area contributed by atoms with Crippen LogP contribution in [0.25, 0.3) is 22.3 Å². The van der Waals surface area contributed by atoms with Crippen molar-refractivity contribution in [3.05, 3.63) is 72.3 Å². The highest BCUT2D eigenvalue weighted by atomic mass is 16.5. The summed E-state index contributed by atoms with van der Waals surface area (Å²) in [5, 5.41) is 0. The van der Waals surface area contributed by atoms with Gasteiger partial charge in [-0.2, -0.15) is 0 Å². The van der Waals surface area contributed by atoms with Crippen LogP contribution in [0.4, 0.5) is 0 Å². The summed E-state index contributed by atoms with van der Waals surface area (Å²) in [4.78, 5) is 0. The Morgan fingerprint density at radius 2 is 1.43 bits per heavy atom. The van der Waals surface area contributed by atoms with Gasteiger partial charge in [0, 0.05) is 5.56 Å². The molecule has 0 bridgehead atoms. The van der Waals surface area contributed by atoms with Gasteiger partial charge in [-0.3, -0.25) is 0 Å². The molecule has 0 atom stereocenters. The van der Waals surface area contributed by atoms with Crippen molar-refractivity contribution in [2.24, 2.45) is 0 Å². The number of hydrogen-bond acceptors (Lipinski definition) is 2. The van der Waals surface area contributed by atoms with Crippen LogP contribution >= 0.6 is 0 Å². The van der Waals surface area contributed by atoms with E-state index >= 15 is 0 Å². The highest BCUT2D eigenvalue weighted by Gasteiger charge is 2.17. The minimum atomic E-state index is 0.812. The van der Waals surface area contributed by atoms with Gasteiger partial charge in [0.25, 0.3) is 0 Å². The van der Waals surface area contributed by atoms with Crippen LogP contribution in [0.3, 0.4) is 0 Å².